The van der Waals surface area contributed by atoms with Crippen molar-refractivity contribution in [3.8, 4) is 0 Å². The summed E-state index contributed by atoms with van der Waals surface area (Å²) in [5, 5.41) is 3.70. The van der Waals surface area contributed by atoms with Crippen LogP contribution in [0.1, 0.15) is 25.3 Å². The molecule has 1 aliphatic rings. The van der Waals surface area contributed by atoms with Crippen LogP contribution in [0.5, 0.6) is 0 Å². The van der Waals surface area contributed by atoms with Crippen LogP contribution in [-0.4, -0.2) is 25.6 Å². The molecule has 1 aliphatic heterocycles. The first kappa shape index (κ1) is 24.5. The number of hydrogen-bond acceptors (Lipinski definition) is 4. The van der Waals surface area contributed by atoms with Gasteiger partial charge in [-0.05, 0) is 0 Å². The van der Waals surface area contributed by atoms with Crippen molar-refractivity contribution in [3.05, 3.63) is 95.9 Å². The van der Waals surface area contributed by atoms with Crippen LogP contribution in [0.2, 0.25) is 0 Å². The average Bonchev–Trinajstić information content (AvgIpc) is 3.57. The number of anilines is 1. The number of para-hydroxylation sites is 1. The summed E-state index contributed by atoms with van der Waals surface area (Å²) >= 11 is 3.64. The van der Waals surface area contributed by atoms with Crippen LogP contribution in [0, 0.1) is 0 Å². The minimum atomic E-state index is 0.0938. The Balaban J connectivity index is 1.45. The molecule has 0 saturated heterocycles. The molecule has 4 nitrogen and oxygen atoms in total. The van der Waals surface area contributed by atoms with Gasteiger partial charge in [-0.15, -0.1) is 0 Å². The number of nitrogens with zero attached hydrogens (tertiary/aromatic N) is 3. The van der Waals surface area contributed by atoms with Crippen LogP contribution in [0.3, 0.4) is 0 Å². The average molecular weight is 590 g/mol. The molecule has 6 rings (SSSR count). The van der Waals surface area contributed by atoms with Crippen molar-refractivity contribution in [2.45, 2.75) is 38.8 Å². The van der Waals surface area contributed by atoms with E-state index < -0.39 is 0 Å². The Morgan fingerprint density at radius 3 is 2.57 bits per heavy atom. The van der Waals surface area contributed by atoms with Gasteiger partial charge in [0.2, 0.25) is 0 Å². The van der Waals surface area contributed by atoms with Crippen LogP contribution >= 0.6 is 23.1 Å². The molecule has 0 fully saturated rings. The van der Waals surface area contributed by atoms with E-state index in [1.807, 2.05) is 10.6 Å². The van der Waals surface area contributed by atoms with Crippen molar-refractivity contribution >= 4 is 76.0 Å². The summed E-state index contributed by atoms with van der Waals surface area (Å²) in [6.45, 7) is 8.90. The summed E-state index contributed by atoms with van der Waals surface area (Å²) in [6, 6.07) is 21.6. The molecule has 186 valence electrons. The van der Waals surface area contributed by atoms with Gasteiger partial charge in [0.25, 0.3) is 0 Å². The van der Waals surface area contributed by atoms with Gasteiger partial charge in [0, 0.05) is 0 Å². The molecular formula is C30H28N3OS2Se+. The Kier molecular flexibility index (Phi) is 6.72. The Bertz CT molecular complexity index is 1860. The molecule has 0 amide bonds. The van der Waals surface area contributed by atoms with Crippen molar-refractivity contribution in [3.63, 3.8) is 0 Å². The third kappa shape index (κ3) is 4.24. The number of thiazole rings is 1. The molecule has 5 aromatic rings. The summed E-state index contributed by atoms with van der Waals surface area (Å²) < 4.78 is 8.84. The topological polar surface area (TPSA) is 29.1 Å². The fraction of sp³-hybridized carbons (Fsp3) is 0.200. The van der Waals surface area contributed by atoms with Crippen LogP contribution in [0.25, 0.3) is 32.7 Å². The minimum absolute atomic E-state index is 0.0938. The fourth-order valence-electron chi connectivity index (χ4n) is 4.98. The van der Waals surface area contributed by atoms with Crippen molar-refractivity contribution in [1.82, 2.24) is 4.57 Å². The zero-order chi connectivity index (χ0) is 25.5. The summed E-state index contributed by atoms with van der Waals surface area (Å²) in [5.41, 5.74) is 2.65. The fourth-order valence-corrected chi connectivity index (χ4v) is 9.90. The molecule has 0 N–H and O–H groups in total. The monoisotopic (exact) mass is 590 g/mol. The summed E-state index contributed by atoms with van der Waals surface area (Å²) in [4.78, 5) is 17.0. The third-order valence-corrected chi connectivity index (χ3v) is 11.4. The zero-order valence-corrected chi connectivity index (χ0v) is 24.4. The second-order valence-corrected chi connectivity index (χ2v) is 13.1. The van der Waals surface area contributed by atoms with Crippen LogP contribution < -0.4 is 24.2 Å². The molecular weight excluding hydrogens is 561 g/mol. The molecule has 0 unspecified atom stereocenters. The SMILES string of the molecule is CCN1C(=C/C=c2/sc(=Cc3[se]c4ccccc4[n+]3CC)n(CC)c2=O)Sc2c1ccc1ccccc21. The van der Waals surface area contributed by atoms with E-state index in [4.69, 9.17) is 0 Å². The number of rotatable bonds is 5. The maximum atomic E-state index is 13.4. The van der Waals surface area contributed by atoms with Gasteiger partial charge in [-0.25, -0.2) is 0 Å². The second-order valence-electron chi connectivity index (χ2n) is 8.80. The van der Waals surface area contributed by atoms with Crippen molar-refractivity contribution in [2.75, 3.05) is 11.4 Å². The molecule has 0 atom stereocenters. The molecule has 3 heterocycles. The molecule has 37 heavy (non-hydrogen) atoms. The van der Waals surface area contributed by atoms with Gasteiger partial charge >= 0.3 is 213 Å². The molecule has 0 aliphatic carbocycles. The first-order valence-corrected chi connectivity index (χ1v) is 16.0. The summed E-state index contributed by atoms with van der Waals surface area (Å²) in [6.07, 6.45) is 6.39. The first-order chi connectivity index (χ1) is 18.1. The van der Waals surface area contributed by atoms with E-state index in [1.54, 1.807) is 23.1 Å². The maximum absolute atomic E-state index is 13.4. The van der Waals surface area contributed by atoms with Gasteiger partial charge in [-0.2, -0.15) is 0 Å². The van der Waals surface area contributed by atoms with Crippen molar-refractivity contribution in [2.24, 2.45) is 0 Å². The number of aryl methyl sites for hydroxylation is 1. The van der Waals surface area contributed by atoms with E-state index >= 15 is 0 Å². The molecule has 3 aromatic carbocycles. The number of fused-ring (bicyclic) bond motifs is 4. The Morgan fingerprint density at radius 2 is 1.76 bits per heavy atom. The second kappa shape index (κ2) is 10.1. The number of aromatic nitrogens is 2. The van der Waals surface area contributed by atoms with E-state index in [1.165, 1.54) is 35.7 Å². The van der Waals surface area contributed by atoms with E-state index in [9.17, 15) is 4.79 Å². The molecule has 0 radical (unpaired) electrons. The molecule has 0 spiro atoms. The summed E-state index contributed by atoms with van der Waals surface area (Å²) in [5.74, 6) is 0. The molecule has 2 aromatic heterocycles. The van der Waals surface area contributed by atoms with E-state index in [0.717, 1.165) is 27.3 Å². The number of allylic oxidation sites excluding steroid dienone is 1. The predicted molar refractivity (Wildman–Crippen MR) is 159 cm³/mol. The Morgan fingerprint density at radius 1 is 0.946 bits per heavy atom. The molecule has 7 heteroatoms. The quantitative estimate of drug-likeness (QED) is 0.220. The molecule has 0 bridgehead atoms. The predicted octanol–water partition coefficient (Wildman–Crippen LogP) is 4.68. The van der Waals surface area contributed by atoms with Crippen LogP contribution in [-0.2, 0) is 13.1 Å². The van der Waals surface area contributed by atoms with Gasteiger partial charge in [0.1, 0.15) is 0 Å². The normalized spacial score (nSPS) is 15.5. The Labute approximate surface area is 230 Å². The standard InChI is InChI=1S/C30H28N3OS2Se/c1-4-31-23-16-15-20-11-7-8-12-21(20)29(23)36-26(31)18-17-24-30(34)33(6-3)27(35-24)19-28-32(5-2)22-13-9-10-14-25(22)37-28/h7-19H,4-6H2,1-3H3/q+1/b24-17+,26-18?. The van der Waals surface area contributed by atoms with E-state index in [0.29, 0.717) is 6.54 Å². The van der Waals surface area contributed by atoms with E-state index in [2.05, 4.69) is 103 Å². The summed E-state index contributed by atoms with van der Waals surface area (Å²) in [7, 11) is 0. The molecule has 0 saturated carbocycles. The van der Waals surface area contributed by atoms with Gasteiger partial charge in [-0.3, -0.25) is 0 Å². The van der Waals surface area contributed by atoms with Gasteiger partial charge in [0.05, 0.1) is 0 Å². The van der Waals surface area contributed by atoms with Crippen LogP contribution in [0.15, 0.2) is 81.5 Å². The van der Waals surface area contributed by atoms with Crippen LogP contribution in [0.4, 0.5) is 5.69 Å². The number of benzene rings is 3. The Hall–Kier alpha value is -2.83. The third-order valence-electron chi connectivity index (χ3n) is 6.77. The first-order valence-electron chi connectivity index (χ1n) is 12.6. The van der Waals surface area contributed by atoms with Gasteiger partial charge in [-0.1, -0.05) is 18.2 Å². The van der Waals surface area contributed by atoms with Crippen molar-refractivity contribution < 1.29 is 4.57 Å². The van der Waals surface area contributed by atoms with E-state index in [-0.39, 0.29) is 20.1 Å². The number of thioether (sulfide) groups is 1. The van der Waals surface area contributed by atoms with Crippen molar-refractivity contribution in [1.29, 1.82) is 0 Å². The van der Waals surface area contributed by atoms with Gasteiger partial charge in [0.15, 0.2) is 0 Å². The zero-order valence-electron chi connectivity index (χ0n) is 21.1. The van der Waals surface area contributed by atoms with Gasteiger partial charge < -0.3 is 0 Å². The number of hydrogen-bond donors (Lipinski definition) is 0.